The van der Waals surface area contributed by atoms with Gasteiger partial charge in [0.15, 0.2) is 5.03 Å². The highest BCUT2D eigenvalue weighted by molar-refractivity contribution is 7.89. The van der Waals surface area contributed by atoms with E-state index in [1.54, 1.807) is 22.1 Å². The van der Waals surface area contributed by atoms with Crippen LogP contribution in [0.2, 0.25) is 0 Å². The van der Waals surface area contributed by atoms with Crippen LogP contribution in [0.1, 0.15) is 38.2 Å². The van der Waals surface area contributed by atoms with Crippen molar-refractivity contribution in [2.24, 2.45) is 13.0 Å². The van der Waals surface area contributed by atoms with Crippen LogP contribution in [0.25, 0.3) is 0 Å². The molecule has 1 aliphatic heterocycles. The maximum absolute atomic E-state index is 13.0. The second kappa shape index (κ2) is 8.54. The third-order valence-corrected chi connectivity index (χ3v) is 7.03. The molecule has 2 heterocycles. The second-order valence-corrected chi connectivity index (χ2v) is 9.51. The molecule has 0 aliphatic carbocycles. The maximum Gasteiger partial charge on any atom is 0.262 e. The van der Waals surface area contributed by atoms with E-state index >= 15 is 0 Å². The lowest BCUT2D eigenvalue weighted by atomic mass is 9.94. The van der Waals surface area contributed by atoms with Crippen LogP contribution >= 0.6 is 0 Å². The normalized spacial score (nSPS) is 22.2. The Hall–Kier alpha value is -1.70. The molecular formula is C20H30N4O2S. The topological polar surface area (TPSA) is 67.2 Å². The molecule has 1 aromatic heterocycles. The van der Waals surface area contributed by atoms with Gasteiger partial charge in [0.2, 0.25) is 0 Å². The number of nitrogens with zero attached hydrogens (tertiary/aromatic N) is 3. The zero-order valence-electron chi connectivity index (χ0n) is 16.4. The number of sulfonamides is 1. The number of hydrogen-bond acceptors (Lipinski definition) is 4. The van der Waals surface area contributed by atoms with Gasteiger partial charge in [-0.1, -0.05) is 50.6 Å². The van der Waals surface area contributed by atoms with E-state index in [4.69, 9.17) is 0 Å². The summed E-state index contributed by atoms with van der Waals surface area (Å²) in [5, 5.41) is 3.76. The fourth-order valence-electron chi connectivity index (χ4n) is 3.81. The number of aryl methyl sites for hydroxylation is 1. The van der Waals surface area contributed by atoms with Gasteiger partial charge in [0.1, 0.15) is 0 Å². The van der Waals surface area contributed by atoms with Gasteiger partial charge in [-0.25, -0.2) is 13.4 Å². The molecule has 6 nitrogen and oxygen atoms in total. The van der Waals surface area contributed by atoms with Gasteiger partial charge in [-0.2, -0.15) is 4.31 Å². The number of benzene rings is 1. The molecule has 27 heavy (non-hydrogen) atoms. The number of nitrogens with one attached hydrogen (secondary N) is 1. The van der Waals surface area contributed by atoms with Gasteiger partial charge in [0.25, 0.3) is 10.0 Å². The predicted molar refractivity (Wildman–Crippen MR) is 107 cm³/mol. The van der Waals surface area contributed by atoms with Crippen LogP contribution in [0.4, 0.5) is 0 Å². The molecule has 0 amide bonds. The molecule has 1 fully saturated rings. The SMILES string of the molecule is CCCC(C)CNC1CN(S(=O)(=O)c2cn(C)cn2)CC1c1ccccc1. The molecule has 2 aromatic rings. The molecule has 3 rings (SSSR count). The Balaban J connectivity index is 1.80. The summed E-state index contributed by atoms with van der Waals surface area (Å²) in [5.41, 5.74) is 1.18. The zero-order chi connectivity index (χ0) is 19.4. The summed E-state index contributed by atoms with van der Waals surface area (Å²) in [6, 6.07) is 10.3. The molecular weight excluding hydrogens is 360 g/mol. The highest BCUT2D eigenvalue weighted by Crippen LogP contribution is 2.31. The summed E-state index contributed by atoms with van der Waals surface area (Å²) in [4.78, 5) is 4.07. The van der Waals surface area contributed by atoms with E-state index in [2.05, 4.69) is 36.3 Å². The average molecular weight is 391 g/mol. The summed E-state index contributed by atoms with van der Waals surface area (Å²) in [5.74, 6) is 0.714. The minimum absolute atomic E-state index is 0.102. The first kappa shape index (κ1) is 20.0. The van der Waals surface area contributed by atoms with E-state index in [0.29, 0.717) is 19.0 Å². The van der Waals surface area contributed by atoms with Crippen molar-refractivity contribution >= 4 is 10.0 Å². The van der Waals surface area contributed by atoms with Gasteiger partial charge in [0, 0.05) is 38.3 Å². The van der Waals surface area contributed by atoms with Crippen molar-refractivity contribution < 1.29 is 8.42 Å². The van der Waals surface area contributed by atoms with Crippen LogP contribution in [0.5, 0.6) is 0 Å². The molecule has 0 saturated carbocycles. The van der Waals surface area contributed by atoms with Crippen LogP contribution < -0.4 is 5.32 Å². The molecule has 1 aliphatic rings. The van der Waals surface area contributed by atoms with E-state index in [-0.39, 0.29) is 17.0 Å². The van der Waals surface area contributed by atoms with Gasteiger partial charge in [0.05, 0.1) is 6.33 Å². The predicted octanol–water partition coefficient (Wildman–Crippen LogP) is 2.60. The third-order valence-electron chi connectivity index (χ3n) is 5.31. The Kier molecular flexibility index (Phi) is 6.34. The van der Waals surface area contributed by atoms with E-state index < -0.39 is 10.0 Å². The fraction of sp³-hybridized carbons (Fsp3) is 0.550. The summed E-state index contributed by atoms with van der Waals surface area (Å²) >= 11 is 0. The fourth-order valence-corrected chi connectivity index (χ4v) is 5.27. The highest BCUT2D eigenvalue weighted by atomic mass is 32.2. The molecule has 1 saturated heterocycles. The minimum atomic E-state index is -3.58. The molecule has 0 spiro atoms. The molecule has 3 unspecified atom stereocenters. The minimum Gasteiger partial charge on any atom is -0.339 e. The van der Waals surface area contributed by atoms with Crippen LogP contribution in [0, 0.1) is 5.92 Å². The summed E-state index contributed by atoms with van der Waals surface area (Å²) < 4.78 is 29.3. The first-order chi connectivity index (χ1) is 12.9. The zero-order valence-corrected chi connectivity index (χ0v) is 17.2. The second-order valence-electron chi connectivity index (χ2n) is 7.63. The Bertz CT molecular complexity index is 835. The van der Waals surface area contributed by atoms with Crippen LogP contribution in [0.15, 0.2) is 47.9 Å². The van der Waals surface area contributed by atoms with E-state index in [0.717, 1.165) is 13.0 Å². The standard InChI is InChI=1S/C20H30N4O2S/c1-4-8-16(2)11-21-19-13-24(12-18(19)17-9-6-5-7-10-17)27(25,26)20-14-23(3)15-22-20/h5-7,9-10,14-16,18-19,21H,4,8,11-13H2,1-3H3. The Morgan fingerprint density at radius 2 is 2.00 bits per heavy atom. The van der Waals surface area contributed by atoms with Crippen LogP contribution in [-0.4, -0.2) is 48.0 Å². The maximum atomic E-state index is 13.0. The lowest BCUT2D eigenvalue weighted by Crippen LogP contribution is -2.39. The molecule has 0 radical (unpaired) electrons. The quantitative estimate of drug-likeness (QED) is 0.752. The first-order valence-electron chi connectivity index (χ1n) is 9.68. The lowest BCUT2D eigenvalue weighted by Gasteiger charge is -2.22. The molecule has 7 heteroatoms. The summed E-state index contributed by atoms with van der Waals surface area (Å²) in [7, 11) is -1.80. The van der Waals surface area contributed by atoms with Gasteiger partial charge in [-0.05, 0) is 24.4 Å². The molecule has 3 atom stereocenters. The summed E-state index contributed by atoms with van der Waals surface area (Å²) in [6.45, 7) is 6.28. The molecule has 1 N–H and O–H groups in total. The number of rotatable bonds is 8. The Morgan fingerprint density at radius 1 is 1.26 bits per heavy atom. The number of aromatic nitrogens is 2. The average Bonchev–Trinajstić information content (AvgIpc) is 3.28. The van der Waals surface area contributed by atoms with Crippen molar-refractivity contribution in [3.8, 4) is 0 Å². The third kappa shape index (κ3) is 4.59. The molecule has 1 aromatic carbocycles. The van der Waals surface area contributed by atoms with Crippen molar-refractivity contribution in [3.63, 3.8) is 0 Å². The van der Waals surface area contributed by atoms with Gasteiger partial charge >= 0.3 is 0 Å². The molecule has 148 valence electrons. The largest absolute Gasteiger partial charge is 0.339 e. The van der Waals surface area contributed by atoms with Crippen molar-refractivity contribution in [1.82, 2.24) is 19.2 Å². The number of imidazole rings is 1. The highest BCUT2D eigenvalue weighted by Gasteiger charge is 2.40. The van der Waals surface area contributed by atoms with Gasteiger partial charge < -0.3 is 9.88 Å². The monoisotopic (exact) mass is 390 g/mol. The lowest BCUT2D eigenvalue weighted by molar-refractivity contribution is 0.411. The molecule has 0 bridgehead atoms. The van der Waals surface area contributed by atoms with Crippen molar-refractivity contribution in [1.29, 1.82) is 0 Å². The van der Waals surface area contributed by atoms with E-state index in [9.17, 15) is 8.42 Å². The Labute approximate surface area is 162 Å². The van der Waals surface area contributed by atoms with Crippen molar-refractivity contribution in [3.05, 3.63) is 48.4 Å². The van der Waals surface area contributed by atoms with Gasteiger partial charge in [-0.15, -0.1) is 0 Å². The van der Waals surface area contributed by atoms with E-state index in [1.807, 2.05) is 18.2 Å². The smallest absolute Gasteiger partial charge is 0.262 e. The number of hydrogen-bond donors (Lipinski definition) is 1. The van der Waals surface area contributed by atoms with Gasteiger partial charge in [-0.3, -0.25) is 0 Å². The first-order valence-corrected chi connectivity index (χ1v) is 11.1. The van der Waals surface area contributed by atoms with E-state index in [1.165, 1.54) is 18.3 Å². The van der Waals surface area contributed by atoms with Crippen LogP contribution in [-0.2, 0) is 17.1 Å². The van der Waals surface area contributed by atoms with Crippen molar-refractivity contribution in [2.75, 3.05) is 19.6 Å². The van der Waals surface area contributed by atoms with Crippen LogP contribution in [0.3, 0.4) is 0 Å². The summed E-state index contributed by atoms with van der Waals surface area (Å²) in [6.07, 6.45) is 5.43. The van der Waals surface area contributed by atoms with Crippen molar-refractivity contribution in [2.45, 2.75) is 43.7 Å². The Morgan fingerprint density at radius 3 is 2.63 bits per heavy atom.